The number of oxazole rings is 1. The summed E-state index contributed by atoms with van der Waals surface area (Å²) < 4.78 is 11.1. The Bertz CT molecular complexity index is 720. The highest BCUT2D eigenvalue weighted by molar-refractivity contribution is 9.10. The van der Waals surface area contributed by atoms with Crippen LogP contribution in [0.5, 0.6) is 0 Å². The van der Waals surface area contributed by atoms with Crippen LogP contribution in [0.4, 0.5) is 0 Å². The Morgan fingerprint density at radius 3 is 2.37 bits per heavy atom. The number of piperidine rings is 1. The summed E-state index contributed by atoms with van der Waals surface area (Å²) in [6.45, 7) is 8.01. The highest BCUT2D eigenvalue weighted by Crippen LogP contribution is 2.34. The normalized spacial score (nSPS) is 15.0. The third kappa shape index (κ3) is 6.97. The molecule has 1 N–H and O–H groups in total. The lowest BCUT2D eigenvalue weighted by Gasteiger charge is -2.19. The van der Waals surface area contributed by atoms with Crippen LogP contribution in [0.1, 0.15) is 45.4 Å². The van der Waals surface area contributed by atoms with Crippen LogP contribution in [0.25, 0.3) is 11.3 Å². The van der Waals surface area contributed by atoms with Gasteiger partial charge >= 0.3 is 0 Å². The maximum atomic E-state index is 9.60. The Morgan fingerprint density at radius 2 is 1.89 bits per heavy atom. The molecule has 0 atom stereocenters. The summed E-state index contributed by atoms with van der Waals surface area (Å²) in [6.07, 6.45) is 4.27. The molecule has 1 aliphatic heterocycles. The fourth-order valence-electron chi connectivity index (χ4n) is 2.63. The molecule has 27 heavy (non-hydrogen) atoms. The van der Waals surface area contributed by atoms with E-state index < -0.39 is 0 Å². The third-order valence-corrected chi connectivity index (χ3v) is 5.34. The predicted molar refractivity (Wildman–Crippen MR) is 113 cm³/mol. The lowest BCUT2D eigenvalue weighted by atomic mass is 9.98. The van der Waals surface area contributed by atoms with Gasteiger partial charge in [-0.3, -0.25) is 4.79 Å². The number of benzene rings is 1. The zero-order chi connectivity index (χ0) is 19.9. The van der Waals surface area contributed by atoms with Gasteiger partial charge in [-0.15, -0.1) is 11.8 Å². The summed E-state index contributed by atoms with van der Waals surface area (Å²) in [5.74, 6) is 1.30. The van der Waals surface area contributed by atoms with E-state index in [9.17, 15) is 4.79 Å². The van der Waals surface area contributed by atoms with E-state index in [0.29, 0.717) is 12.4 Å². The summed E-state index contributed by atoms with van der Waals surface area (Å²) in [5, 5.41) is 3.37. The van der Waals surface area contributed by atoms with Gasteiger partial charge in [-0.25, -0.2) is 4.98 Å². The van der Waals surface area contributed by atoms with Crippen molar-refractivity contribution in [1.82, 2.24) is 10.3 Å². The molecule has 0 aliphatic carbocycles. The number of nitrogens with zero attached hydrogens (tertiary/aromatic N) is 1. The van der Waals surface area contributed by atoms with E-state index in [1.54, 1.807) is 11.8 Å². The van der Waals surface area contributed by atoms with E-state index in [-0.39, 0.29) is 5.60 Å². The number of ether oxygens (including phenoxy) is 1. The summed E-state index contributed by atoms with van der Waals surface area (Å²) in [5.41, 5.74) is 1.69. The van der Waals surface area contributed by atoms with Gasteiger partial charge in [0.25, 0.3) is 6.47 Å². The van der Waals surface area contributed by atoms with Crippen molar-refractivity contribution in [3.63, 3.8) is 0 Å². The molecule has 1 aromatic carbocycles. The maximum absolute atomic E-state index is 9.60. The third-order valence-electron chi connectivity index (χ3n) is 4.06. The number of hydrogen-bond acceptors (Lipinski definition) is 6. The van der Waals surface area contributed by atoms with Crippen LogP contribution >= 0.6 is 27.7 Å². The van der Waals surface area contributed by atoms with Crippen LogP contribution in [0.15, 0.2) is 38.2 Å². The van der Waals surface area contributed by atoms with Gasteiger partial charge in [0.15, 0.2) is 10.6 Å². The number of carbonyl (C=O) groups excluding carboxylic acids is 1. The Balaban J connectivity index is 0.000000321. The standard InChI is InChI=1S/C15H17BrN2OS.C5H10O2/c1-20-12-4-2-10(3-5-12)13-14(16)19-15(18-13)11-6-8-17-9-7-11;1-5(2,3)7-4-6/h2-5,11,17H,6-9H2,1H3;4H,1-3H3. The minimum Gasteiger partial charge on any atom is -0.462 e. The zero-order valence-electron chi connectivity index (χ0n) is 16.3. The van der Waals surface area contributed by atoms with Gasteiger partial charge in [-0.2, -0.15) is 0 Å². The summed E-state index contributed by atoms with van der Waals surface area (Å²) >= 11 is 5.25. The molecule has 0 unspecified atom stereocenters. The Labute approximate surface area is 173 Å². The SMILES string of the molecule is CC(C)(C)OC=O.CSc1ccc(-c2nc(C3CCNCC3)oc2Br)cc1. The van der Waals surface area contributed by atoms with Gasteiger partial charge in [0.1, 0.15) is 11.3 Å². The van der Waals surface area contributed by atoms with Gasteiger partial charge in [0, 0.05) is 16.4 Å². The molecule has 1 aromatic heterocycles. The molecular weight excluding hydrogens is 428 g/mol. The Hall–Kier alpha value is -1.31. The maximum Gasteiger partial charge on any atom is 0.293 e. The lowest BCUT2D eigenvalue weighted by molar-refractivity contribution is -0.138. The molecule has 0 radical (unpaired) electrons. The van der Waals surface area contributed by atoms with Gasteiger partial charge in [0.2, 0.25) is 0 Å². The second-order valence-electron chi connectivity index (χ2n) is 7.25. The number of hydrogen-bond donors (Lipinski definition) is 1. The Morgan fingerprint density at radius 1 is 1.26 bits per heavy atom. The number of halogens is 1. The first-order valence-corrected chi connectivity index (χ1v) is 11.0. The fourth-order valence-corrected chi connectivity index (χ4v) is 3.52. The van der Waals surface area contributed by atoms with Crippen molar-refractivity contribution in [1.29, 1.82) is 0 Å². The quantitative estimate of drug-likeness (QED) is 0.502. The van der Waals surface area contributed by atoms with E-state index in [2.05, 4.69) is 56.5 Å². The van der Waals surface area contributed by atoms with Crippen molar-refractivity contribution in [2.75, 3.05) is 19.3 Å². The van der Waals surface area contributed by atoms with Crippen LogP contribution in [0.2, 0.25) is 0 Å². The van der Waals surface area contributed by atoms with Gasteiger partial charge < -0.3 is 14.5 Å². The molecule has 2 heterocycles. The summed E-state index contributed by atoms with van der Waals surface area (Å²) in [7, 11) is 0. The molecule has 1 fully saturated rings. The lowest BCUT2D eigenvalue weighted by Crippen LogP contribution is -2.26. The van der Waals surface area contributed by atoms with Gasteiger partial charge in [0.05, 0.1) is 0 Å². The summed E-state index contributed by atoms with van der Waals surface area (Å²) in [6, 6.07) is 8.43. The van der Waals surface area contributed by atoms with E-state index in [4.69, 9.17) is 9.40 Å². The van der Waals surface area contributed by atoms with Gasteiger partial charge in [-0.1, -0.05) is 12.1 Å². The molecule has 1 aliphatic rings. The number of aromatic nitrogens is 1. The van der Waals surface area contributed by atoms with Crippen molar-refractivity contribution in [3.05, 3.63) is 34.8 Å². The molecule has 2 aromatic rings. The predicted octanol–water partition coefficient (Wildman–Crippen LogP) is 5.25. The first-order valence-electron chi connectivity index (χ1n) is 8.97. The monoisotopic (exact) mass is 454 g/mol. The first kappa shape index (κ1) is 22.0. The van der Waals surface area contributed by atoms with Crippen molar-refractivity contribution in [3.8, 4) is 11.3 Å². The molecule has 0 bridgehead atoms. The molecular formula is C20H27BrN2O3S. The number of carbonyl (C=O) groups is 1. The Kier molecular flexibility index (Phi) is 8.38. The number of rotatable bonds is 4. The van der Waals surface area contributed by atoms with Crippen LogP contribution in [0, 0.1) is 0 Å². The largest absolute Gasteiger partial charge is 0.462 e. The van der Waals surface area contributed by atoms with E-state index in [1.807, 2.05) is 20.8 Å². The zero-order valence-corrected chi connectivity index (χ0v) is 18.7. The van der Waals surface area contributed by atoms with E-state index >= 15 is 0 Å². The molecule has 0 amide bonds. The van der Waals surface area contributed by atoms with E-state index in [1.165, 1.54) is 4.90 Å². The average molecular weight is 455 g/mol. The minimum absolute atomic E-state index is 0.318. The number of thioether (sulfide) groups is 1. The second kappa shape index (κ2) is 10.3. The van der Waals surface area contributed by atoms with Crippen LogP contribution in [-0.4, -0.2) is 36.4 Å². The minimum atomic E-state index is -0.318. The fraction of sp³-hybridized carbons (Fsp3) is 0.500. The van der Waals surface area contributed by atoms with Crippen molar-refractivity contribution in [2.24, 2.45) is 0 Å². The molecule has 1 saturated heterocycles. The van der Waals surface area contributed by atoms with Crippen molar-refractivity contribution >= 4 is 34.2 Å². The highest BCUT2D eigenvalue weighted by atomic mass is 79.9. The molecule has 0 saturated carbocycles. The van der Waals surface area contributed by atoms with Gasteiger partial charge in [-0.05, 0) is 81.0 Å². The summed E-state index contributed by atoms with van der Waals surface area (Å²) in [4.78, 5) is 15.6. The van der Waals surface area contributed by atoms with Crippen LogP contribution < -0.4 is 5.32 Å². The van der Waals surface area contributed by atoms with Crippen LogP contribution in [0.3, 0.4) is 0 Å². The second-order valence-corrected chi connectivity index (χ2v) is 8.85. The average Bonchev–Trinajstić information content (AvgIpc) is 3.04. The molecule has 7 heteroatoms. The molecule has 148 valence electrons. The van der Waals surface area contributed by atoms with E-state index in [0.717, 1.165) is 47.7 Å². The van der Waals surface area contributed by atoms with Crippen molar-refractivity contribution in [2.45, 2.75) is 50.0 Å². The van der Waals surface area contributed by atoms with Crippen molar-refractivity contribution < 1.29 is 13.9 Å². The highest BCUT2D eigenvalue weighted by Gasteiger charge is 2.22. The molecule has 0 spiro atoms. The number of nitrogens with one attached hydrogen (secondary N) is 1. The topological polar surface area (TPSA) is 64.4 Å². The molecule has 3 rings (SSSR count). The first-order chi connectivity index (χ1) is 12.8. The smallest absolute Gasteiger partial charge is 0.293 e. The molecule has 5 nitrogen and oxygen atoms in total. The van der Waals surface area contributed by atoms with Crippen LogP contribution in [-0.2, 0) is 9.53 Å².